The number of nitrogens with two attached hydrogens (primary N) is 2. The van der Waals surface area contributed by atoms with Crippen LogP contribution in [0, 0.1) is 0 Å². The molecule has 2 atom stereocenters. The lowest BCUT2D eigenvalue weighted by molar-refractivity contribution is 0.407. The Morgan fingerprint density at radius 2 is 1.92 bits per heavy atom. The number of rotatable bonds is 2. The van der Waals surface area contributed by atoms with Crippen molar-refractivity contribution in [1.82, 2.24) is 14.1 Å². The summed E-state index contributed by atoms with van der Waals surface area (Å²) in [4.78, 5) is 26.8. The Kier molecular flexibility index (Phi) is 4.33. The monoisotopic (exact) mass is 383 g/mol. The van der Waals surface area contributed by atoms with Crippen LogP contribution in [0.15, 0.2) is 39.6 Å². The minimum absolute atomic E-state index is 0.000489. The van der Waals surface area contributed by atoms with Crippen LogP contribution in [0.1, 0.15) is 17.0 Å². The third kappa shape index (κ3) is 2.43. The van der Waals surface area contributed by atoms with Crippen molar-refractivity contribution in [2.75, 3.05) is 0 Å². The first-order valence-electron chi connectivity index (χ1n) is 7.61. The van der Waals surface area contributed by atoms with E-state index in [2.05, 4.69) is 4.98 Å². The number of pyridine rings is 1. The second kappa shape index (κ2) is 6.11. The molecule has 0 amide bonds. The molecule has 26 heavy (non-hydrogen) atoms. The van der Waals surface area contributed by atoms with Crippen LogP contribution in [0.2, 0.25) is 0 Å². The Balaban J connectivity index is 2.54. The van der Waals surface area contributed by atoms with Gasteiger partial charge >= 0.3 is 5.69 Å². The third-order valence-electron chi connectivity index (χ3n) is 4.55. The average molecular weight is 384 g/mol. The van der Waals surface area contributed by atoms with Gasteiger partial charge in [0.25, 0.3) is 5.56 Å². The number of halogens is 3. The zero-order chi connectivity index (χ0) is 19.4. The molecular weight excluding hydrogens is 368 g/mol. The van der Waals surface area contributed by atoms with Crippen LogP contribution in [0.3, 0.4) is 0 Å². The van der Waals surface area contributed by atoms with Crippen LogP contribution >= 0.6 is 11.6 Å². The highest BCUT2D eigenvalue weighted by atomic mass is 35.5. The zero-order valence-corrected chi connectivity index (χ0v) is 14.7. The van der Waals surface area contributed by atoms with Crippen molar-refractivity contribution < 1.29 is 8.78 Å². The van der Waals surface area contributed by atoms with Crippen LogP contribution in [-0.2, 0) is 20.6 Å². The molecule has 1 aliphatic carbocycles. The van der Waals surface area contributed by atoms with Crippen LogP contribution in [0.25, 0.3) is 11.0 Å². The molecular formula is C16H16ClF2N5O2. The van der Waals surface area contributed by atoms with Crippen LogP contribution < -0.4 is 22.7 Å². The lowest BCUT2D eigenvalue weighted by Crippen LogP contribution is -2.44. The van der Waals surface area contributed by atoms with Crippen molar-refractivity contribution in [2.45, 2.75) is 17.5 Å². The number of alkyl halides is 1. The van der Waals surface area contributed by atoms with Gasteiger partial charge in [0.1, 0.15) is 17.3 Å². The molecule has 0 saturated carbocycles. The SMILES string of the molecule is Cn1c(=O)c2c(C3C(F)=CC=C(F)C3(N)Cl)c(CN)cnc2n(C)c1=O. The fourth-order valence-corrected chi connectivity index (χ4v) is 3.42. The average Bonchev–Trinajstić information content (AvgIpc) is 2.61. The topological polar surface area (TPSA) is 109 Å². The van der Waals surface area contributed by atoms with E-state index in [4.69, 9.17) is 23.1 Å². The molecule has 138 valence electrons. The zero-order valence-electron chi connectivity index (χ0n) is 14.0. The van der Waals surface area contributed by atoms with Gasteiger partial charge in [-0.15, -0.1) is 0 Å². The van der Waals surface area contributed by atoms with Crippen LogP contribution in [-0.4, -0.2) is 19.1 Å². The molecule has 0 aromatic carbocycles. The molecule has 10 heteroatoms. The molecule has 0 spiro atoms. The maximum absolute atomic E-state index is 14.7. The first-order chi connectivity index (χ1) is 12.1. The van der Waals surface area contributed by atoms with Crippen molar-refractivity contribution in [3.8, 4) is 0 Å². The van der Waals surface area contributed by atoms with Gasteiger partial charge in [0.05, 0.1) is 11.3 Å². The van der Waals surface area contributed by atoms with Gasteiger partial charge in [-0.1, -0.05) is 11.6 Å². The summed E-state index contributed by atoms with van der Waals surface area (Å²) in [6.45, 7) is -0.119. The van der Waals surface area contributed by atoms with Crippen molar-refractivity contribution in [1.29, 1.82) is 0 Å². The van der Waals surface area contributed by atoms with Crippen molar-refractivity contribution in [3.05, 3.63) is 62.0 Å². The third-order valence-corrected chi connectivity index (χ3v) is 4.95. The molecule has 4 N–H and O–H groups in total. The molecule has 0 aliphatic heterocycles. The van der Waals surface area contributed by atoms with E-state index in [1.165, 1.54) is 20.3 Å². The van der Waals surface area contributed by atoms with Crippen LogP contribution in [0.5, 0.6) is 0 Å². The molecule has 7 nitrogen and oxygen atoms in total. The predicted octanol–water partition coefficient (Wildman–Crippen LogP) is 0.789. The summed E-state index contributed by atoms with van der Waals surface area (Å²) in [5, 5.41) is -0.0868. The maximum Gasteiger partial charge on any atom is 0.332 e. The Morgan fingerprint density at radius 3 is 2.54 bits per heavy atom. The number of aryl methyl sites for hydroxylation is 1. The fourth-order valence-electron chi connectivity index (χ4n) is 3.15. The lowest BCUT2D eigenvalue weighted by Gasteiger charge is -2.33. The maximum atomic E-state index is 14.7. The van der Waals surface area contributed by atoms with Crippen molar-refractivity contribution >= 4 is 22.6 Å². The molecule has 2 heterocycles. The number of fused-ring (bicyclic) bond motifs is 1. The molecule has 2 aromatic rings. The van der Waals surface area contributed by atoms with Gasteiger partial charge < -0.3 is 11.5 Å². The van der Waals surface area contributed by atoms with E-state index in [-0.39, 0.29) is 28.7 Å². The second-order valence-electron chi connectivity index (χ2n) is 6.07. The molecule has 2 unspecified atom stereocenters. The number of hydrogen-bond donors (Lipinski definition) is 2. The molecule has 0 saturated heterocycles. The normalized spacial score (nSPS) is 23.1. The predicted molar refractivity (Wildman–Crippen MR) is 94.0 cm³/mol. The largest absolute Gasteiger partial charge is 0.332 e. The number of hydrogen-bond acceptors (Lipinski definition) is 5. The highest BCUT2D eigenvalue weighted by molar-refractivity contribution is 6.26. The summed E-state index contributed by atoms with van der Waals surface area (Å²) >= 11 is 6.13. The van der Waals surface area contributed by atoms with Gasteiger partial charge in [0.15, 0.2) is 5.00 Å². The number of nitrogens with zero attached hydrogens (tertiary/aromatic N) is 3. The Hall–Kier alpha value is -2.36. The number of allylic oxidation sites excluding steroid dienone is 2. The van der Waals surface area contributed by atoms with E-state index in [1.54, 1.807) is 0 Å². The molecule has 0 radical (unpaired) electrons. The van der Waals surface area contributed by atoms with Crippen molar-refractivity contribution in [2.24, 2.45) is 25.6 Å². The van der Waals surface area contributed by atoms with Gasteiger partial charge in [-0.2, -0.15) is 0 Å². The summed E-state index contributed by atoms with van der Waals surface area (Å²) in [6.07, 6.45) is 3.03. The summed E-state index contributed by atoms with van der Waals surface area (Å²) < 4.78 is 30.9. The molecule has 2 aromatic heterocycles. The summed E-state index contributed by atoms with van der Waals surface area (Å²) in [5.41, 5.74) is 10.5. The van der Waals surface area contributed by atoms with Gasteiger partial charge in [0.2, 0.25) is 0 Å². The Morgan fingerprint density at radius 1 is 1.27 bits per heavy atom. The van der Waals surface area contributed by atoms with E-state index in [0.717, 1.165) is 21.3 Å². The summed E-state index contributed by atoms with van der Waals surface area (Å²) in [6, 6.07) is 0. The highest BCUT2D eigenvalue weighted by Crippen LogP contribution is 2.46. The first-order valence-corrected chi connectivity index (χ1v) is 7.99. The summed E-state index contributed by atoms with van der Waals surface area (Å²) in [7, 11) is 2.68. The van der Waals surface area contributed by atoms with Gasteiger partial charge in [-0.05, 0) is 23.3 Å². The Bertz CT molecular complexity index is 1100. The van der Waals surface area contributed by atoms with E-state index in [9.17, 15) is 18.4 Å². The Labute approximate surface area is 151 Å². The molecule has 0 fully saturated rings. The van der Waals surface area contributed by atoms with E-state index in [0.29, 0.717) is 0 Å². The van der Waals surface area contributed by atoms with E-state index in [1.807, 2.05) is 0 Å². The minimum atomic E-state index is -2.25. The second-order valence-corrected chi connectivity index (χ2v) is 6.70. The van der Waals surface area contributed by atoms with E-state index >= 15 is 0 Å². The van der Waals surface area contributed by atoms with Gasteiger partial charge in [-0.25, -0.2) is 18.6 Å². The lowest BCUT2D eigenvalue weighted by atomic mass is 9.82. The minimum Gasteiger partial charge on any atom is -0.326 e. The van der Waals surface area contributed by atoms with Gasteiger partial charge in [-0.3, -0.25) is 13.9 Å². The smallest absolute Gasteiger partial charge is 0.326 e. The molecule has 0 bridgehead atoms. The van der Waals surface area contributed by atoms with Crippen LogP contribution in [0.4, 0.5) is 8.78 Å². The highest BCUT2D eigenvalue weighted by Gasteiger charge is 2.45. The standard InChI is InChI=1S/C16H16ClF2N5O2/c1-23-13-11(14(25)24(2)15(23)26)10(7(5-20)6-22-13)12-8(18)3-4-9(19)16(12,17)21/h3-4,6,12H,5,20-21H2,1-2H3. The molecule has 3 rings (SSSR count). The van der Waals surface area contributed by atoms with E-state index < -0.39 is 33.8 Å². The summed E-state index contributed by atoms with van der Waals surface area (Å²) in [5.74, 6) is -3.30. The van der Waals surface area contributed by atoms with Gasteiger partial charge in [0, 0.05) is 26.8 Å². The molecule has 1 aliphatic rings. The fraction of sp³-hybridized carbons (Fsp3) is 0.312. The quantitative estimate of drug-likeness (QED) is 0.588. The first kappa shape index (κ1) is 18.4. The number of aromatic nitrogens is 3. The van der Waals surface area contributed by atoms with Crippen molar-refractivity contribution in [3.63, 3.8) is 0 Å².